The summed E-state index contributed by atoms with van der Waals surface area (Å²) >= 11 is 1.45. The maximum absolute atomic E-state index is 13.1. The van der Waals surface area contributed by atoms with Crippen LogP contribution in [0.15, 0.2) is 30.3 Å². The predicted molar refractivity (Wildman–Crippen MR) is 106 cm³/mol. The molecule has 1 aliphatic carbocycles. The van der Waals surface area contributed by atoms with Crippen molar-refractivity contribution in [2.75, 3.05) is 0 Å². The molecule has 3 N–H and O–H groups in total. The number of rotatable bonds is 4. The number of carbonyl (C=O) groups is 1. The topological polar surface area (TPSA) is 72.9 Å². The maximum atomic E-state index is 13.1. The molecule has 7 heteroatoms. The standard InChI is InChI=1S/C20H23FN4OS/c1-12-17-10-18(19(26)23-16-4-2-3-15(22)9-16)27-20(17)25(24-12)11-13-5-7-14(21)8-6-13/h5-8,10,15-16H,2-4,9,11,22H2,1H3,(H,23,26). The van der Waals surface area contributed by atoms with Gasteiger partial charge >= 0.3 is 0 Å². The van der Waals surface area contributed by atoms with Crippen molar-refractivity contribution in [1.82, 2.24) is 15.1 Å². The smallest absolute Gasteiger partial charge is 0.261 e. The Kier molecular flexibility index (Phi) is 4.97. The number of aromatic nitrogens is 2. The molecular formula is C20H23FN4OS. The normalized spacial score (nSPS) is 20.1. The lowest BCUT2D eigenvalue weighted by Gasteiger charge is -2.27. The molecule has 2 aromatic heterocycles. The van der Waals surface area contributed by atoms with Gasteiger partial charge in [-0.15, -0.1) is 11.3 Å². The number of nitrogens with one attached hydrogen (secondary N) is 1. The summed E-state index contributed by atoms with van der Waals surface area (Å²) in [4.78, 5) is 14.3. The fraction of sp³-hybridized carbons (Fsp3) is 0.400. The minimum atomic E-state index is -0.252. The van der Waals surface area contributed by atoms with Gasteiger partial charge in [-0.05, 0) is 56.4 Å². The number of fused-ring (bicyclic) bond motifs is 1. The molecule has 1 amide bonds. The molecule has 27 heavy (non-hydrogen) atoms. The summed E-state index contributed by atoms with van der Waals surface area (Å²) in [6.07, 6.45) is 3.92. The monoisotopic (exact) mass is 386 g/mol. The Bertz CT molecular complexity index is 962. The zero-order valence-corrected chi connectivity index (χ0v) is 16.1. The summed E-state index contributed by atoms with van der Waals surface area (Å²) < 4.78 is 15.0. The molecule has 4 rings (SSSR count). The lowest BCUT2D eigenvalue weighted by Crippen LogP contribution is -2.42. The summed E-state index contributed by atoms with van der Waals surface area (Å²) in [6, 6.07) is 8.66. The number of hydrogen-bond acceptors (Lipinski definition) is 4. The number of benzene rings is 1. The van der Waals surface area contributed by atoms with Crippen LogP contribution in [0.4, 0.5) is 4.39 Å². The van der Waals surface area contributed by atoms with E-state index in [1.54, 1.807) is 12.1 Å². The van der Waals surface area contributed by atoms with Crippen LogP contribution in [-0.2, 0) is 6.54 Å². The molecule has 142 valence electrons. The quantitative estimate of drug-likeness (QED) is 0.720. The predicted octanol–water partition coefficient (Wildman–Crippen LogP) is 3.59. The summed E-state index contributed by atoms with van der Waals surface area (Å²) in [7, 11) is 0. The van der Waals surface area contributed by atoms with E-state index in [2.05, 4.69) is 10.4 Å². The van der Waals surface area contributed by atoms with Crippen molar-refractivity contribution in [3.8, 4) is 0 Å². The molecule has 0 saturated heterocycles. The second-order valence-corrected chi connectivity index (χ2v) is 8.33. The number of hydrogen-bond donors (Lipinski definition) is 2. The third kappa shape index (κ3) is 3.89. The van der Waals surface area contributed by atoms with Crippen molar-refractivity contribution in [2.45, 2.75) is 51.2 Å². The third-order valence-corrected chi connectivity index (χ3v) is 6.27. The van der Waals surface area contributed by atoms with Crippen molar-refractivity contribution < 1.29 is 9.18 Å². The van der Waals surface area contributed by atoms with Crippen molar-refractivity contribution >= 4 is 27.5 Å². The highest BCUT2D eigenvalue weighted by Crippen LogP contribution is 2.29. The van der Waals surface area contributed by atoms with E-state index in [1.807, 2.05) is 17.7 Å². The van der Waals surface area contributed by atoms with Crippen molar-refractivity contribution in [2.24, 2.45) is 5.73 Å². The SMILES string of the molecule is Cc1nn(Cc2ccc(F)cc2)c2sc(C(=O)NC3CCCC(N)C3)cc12. The van der Waals surface area contributed by atoms with Crippen molar-refractivity contribution in [1.29, 1.82) is 0 Å². The highest BCUT2D eigenvalue weighted by Gasteiger charge is 2.23. The molecule has 2 atom stereocenters. The van der Waals surface area contributed by atoms with Crippen LogP contribution in [0, 0.1) is 12.7 Å². The highest BCUT2D eigenvalue weighted by molar-refractivity contribution is 7.20. The molecule has 0 radical (unpaired) electrons. The Morgan fingerprint density at radius 1 is 1.37 bits per heavy atom. The fourth-order valence-electron chi connectivity index (χ4n) is 3.71. The molecule has 0 bridgehead atoms. The van der Waals surface area contributed by atoms with Crippen LogP contribution in [0.1, 0.15) is 46.6 Å². The van der Waals surface area contributed by atoms with Gasteiger partial charge in [0.2, 0.25) is 0 Å². The first-order chi connectivity index (χ1) is 13.0. The molecule has 1 saturated carbocycles. The van der Waals surface area contributed by atoms with E-state index in [-0.39, 0.29) is 23.8 Å². The first kappa shape index (κ1) is 18.1. The number of carbonyl (C=O) groups excluding carboxylic acids is 1. The van der Waals surface area contributed by atoms with Gasteiger partial charge in [0.25, 0.3) is 5.91 Å². The van der Waals surface area contributed by atoms with Crippen LogP contribution < -0.4 is 11.1 Å². The van der Waals surface area contributed by atoms with E-state index >= 15 is 0 Å². The third-order valence-electron chi connectivity index (χ3n) is 5.13. The van der Waals surface area contributed by atoms with Crippen LogP contribution >= 0.6 is 11.3 Å². The molecular weight excluding hydrogens is 363 g/mol. The van der Waals surface area contributed by atoms with E-state index in [1.165, 1.54) is 23.5 Å². The van der Waals surface area contributed by atoms with Crippen LogP contribution in [-0.4, -0.2) is 27.8 Å². The minimum absolute atomic E-state index is 0.0389. The first-order valence-electron chi connectivity index (χ1n) is 9.27. The maximum Gasteiger partial charge on any atom is 0.261 e. The van der Waals surface area contributed by atoms with E-state index < -0.39 is 0 Å². The van der Waals surface area contributed by atoms with Gasteiger partial charge in [0, 0.05) is 17.5 Å². The fourth-order valence-corrected chi connectivity index (χ4v) is 4.77. The zero-order valence-electron chi connectivity index (χ0n) is 15.2. The second-order valence-electron chi connectivity index (χ2n) is 7.30. The molecule has 2 unspecified atom stereocenters. The van der Waals surface area contributed by atoms with Gasteiger partial charge in [0.05, 0.1) is 17.1 Å². The number of aryl methyl sites for hydroxylation is 1. The number of thiophene rings is 1. The molecule has 0 spiro atoms. The average molecular weight is 386 g/mol. The van der Waals surface area contributed by atoms with Gasteiger partial charge < -0.3 is 11.1 Å². The van der Waals surface area contributed by atoms with E-state index in [4.69, 9.17) is 5.73 Å². The van der Waals surface area contributed by atoms with Gasteiger partial charge in [0.1, 0.15) is 10.6 Å². The average Bonchev–Trinajstić information content (AvgIpc) is 3.19. The Balaban J connectivity index is 1.55. The summed E-state index contributed by atoms with van der Waals surface area (Å²) in [5, 5.41) is 8.70. The summed E-state index contributed by atoms with van der Waals surface area (Å²) in [5.74, 6) is -0.291. The largest absolute Gasteiger partial charge is 0.349 e. The van der Waals surface area contributed by atoms with E-state index in [9.17, 15) is 9.18 Å². The lowest BCUT2D eigenvalue weighted by molar-refractivity contribution is 0.0930. The summed E-state index contributed by atoms with van der Waals surface area (Å²) in [5.41, 5.74) is 7.88. The van der Waals surface area contributed by atoms with Crippen LogP contribution in [0.2, 0.25) is 0 Å². The molecule has 1 fully saturated rings. The second kappa shape index (κ2) is 7.40. The molecule has 1 aromatic carbocycles. The Labute approximate surface area is 161 Å². The van der Waals surface area contributed by atoms with Crippen molar-refractivity contribution in [3.63, 3.8) is 0 Å². The van der Waals surface area contributed by atoms with Crippen LogP contribution in [0.5, 0.6) is 0 Å². The van der Waals surface area contributed by atoms with Gasteiger partial charge in [0.15, 0.2) is 0 Å². The van der Waals surface area contributed by atoms with Gasteiger partial charge in [-0.3, -0.25) is 9.48 Å². The van der Waals surface area contributed by atoms with Crippen LogP contribution in [0.3, 0.4) is 0 Å². The van der Waals surface area contributed by atoms with E-state index in [0.717, 1.165) is 47.2 Å². The number of halogens is 1. The Hall–Kier alpha value is -2.25. The molecule has 1 aliphatic rings. The first-order valence-corrected chi connectivity index (χ1v) is 10.1. The van der Waals surface area contributed by atoms with Gasteiger partial charge in [-0.1, -0.05) is 12.1 Å². The summed E-state index contributed by atoms with van der Waals surface area (Å²) in [6.45, 7) is 2.49. The number of nitrogens with zero attached hydrogens (tertiary/aromatic N) is 2. The lowest BCUT2D eigenvalue weighted by atomic mass is 9.91. The minimum Gasteiger partial charge on any atom is -0.349 e. The van der Waals surface area contributed by atoms with E-state index in [0.29, 0.717) is 11.4 Å². The van der Waals surface area contributed by atoms with Gasteiger partial charge in [-0.25, -0.2) is 4.39 Å². The molecule has 5 nitrogen and oxygen atoms in total. The number of nitrogens with two attached hydrogens (primary N) is 1. The van der Waals surface area contributed by atoms with Crippen molar-refractivity contribution in [3.05, 3.63) is 52.3 Å². The molecule has 3 aromatic rings. The van der Waals surface area contributed by atoms with Gasteiger partial charge in [-0.2, -0.15) is 5.10 Å². The number of amides is 1. The van der Waals surface area contributed by atoms with Crippen LogP contribution in [0.25, 0.3) is 10.2 Å². The molecule has 0 aliphatic heterocycles. The Morgan fingerprint density at radius 2 is 2.15 bits per heavy atom. The highest BCUT2D eigenvalue weighted by atomic mass is 32.1. The molecule has 2 heterocycles. The zero-order chi connectivity index (χ0) is 19.0. The Morgan fingerprint density at radius 3 is 2.89 bits per heavy atom.